The van der Waals surface area contributed by atoms with Gasteiger partial charge in [0, 0.05) is 10.5 Å². The number of nitrogens with one attached hydrogen (secondary N) is 1. The third kappa shape index (κ3) is 2.76. The Morgan fingerprint density at radius 1 is 1.06 bits per heavy atom. The van der Waals surface area contributed by atoms with Crippen LogP contribution in [0.4, 0.5) is 8.78 Å². The van der Waals surface area contributed by atoms with Gasteiger partial charge in [-0.2, -0.15) is 0 Å². The first-order valence-corrected chi connectivity index (χ1v) is 6.29. The van der Waals surface area contributed by atoms with Crippen LogP contribution in [-0.4, -0.2) is 7.05 Å². The maximum atomic E-state index is 13.3. The molecule has 94 valence electrons. The first-order valence-electron chi connectivity index (χ1n) is 5.49. The Labute approximate surface area is 113 Å². The molecule has 0 amide bonds. The molecule has 1 N–H and O–H groups in total. The van der Waals surface area contributed by atoms with Crippen molar-refractivity contribution in [3.05, 3.63) is 69.7 Å². The van der Waals surface area contributed by atoms with Crippen molar-refractivity contribution < 1.29 is 8.78 Å². The molecule has 0 radical (unpaired) electrons. The summed E-state index contributed by atoms with van der Waals surface area (Å²) >= 11 is 3.44. The molecule has 0 spiro atoms. The topological polar surface area (TPSA) is 12.0 Å². The number of benzene rings is 2. The highest BCUT2D eigenvalue weighted by molar-refractivity contribution is 9.10. The summed E-state index contributed by atoms with van der Waals surface area (Å²) < 4.78 is 27.4. The zero-order valence-corrected chi connectivity index (χ0v) is 11.3. The molecular weight excluding hydrogens is 300 g/mol. The van der Waals surface area contributed by atoms with E-state index < -0.39 is 11.6 Å². The van der Waals surface area contributed by atoms with Gasteiger partial charge in [0.15, 0.2) is 0 Å². The SMILES string of the molecule is CNC(c1cc(F)cc(F)c1)c1ccccc1Br. The van der Waals surface area contributed by atoms with Crippen LogP contribution in [0.2, 0.25) is 0 Å². The Morgan fingerprint density at radius 2 is 1.67 bits per heavy atom. The molecule has 0 aliphatic rings. The second-order valence-electron chi connectivity index (χ2n) is 3.95. The van der Waals surface area contributed by atoms with Crippen molar-refractivity contribution >= 4 is 15.9 Å². The molecular formula is C14H12BrF2N. The van der Waals surface area contributed by atoms with E-state index in [0.717, 1.165) is 16.1 Å². The van der Waals surface area contributed by atoms with Crippen LogP contribution >= 0.6 is 15.9 Å². The van der Waals surface area contributed by atoms with Crippen LogP contribution in [0, 0.1) is 11.6 Å². The third-order valence-corrected chi connectivity index (χ3v) is 3.45. The van der Waals surface area contributed by atoms with E-state index in [2.05, 4.69) is 21.2 Å². The van der Waals surface area contributed by atoms with E-state index in [-0.39, 0.29) is 6.04 Å². The standard InChI is InChI=1S/C14H12BrF2N/c1-18-14(12-4-2-3-5-13(12)15)9-6-10(16)8-11(17)7-9/h2-8,14,18H,1H3. The van der Waals surface area contributed by atoms with Gasteiger partial charge in [-0.3, -0.25) is 0 Å². The van der Waals surface area contributed by atoms with Crippen LogP contribution in [0.1, 0.15) is 17.2 Å². The zero-order chi connectivity index (χ0) is 13.1. The highest BCUT2D eigenvalue weighted by atomic mass is 79.9. The summed E-state index contributed by atoms with van der Waals surface area (Å²) in [5.41, 5.74) is 1.49. The molecule has 2 aromatic carbocycles. The van der Waals surface area contributed by atoms with E-state index in [1.165, 1.54) is 12.1 Å². The summed E-state index contributed by atoms with van der Waals surface area (Å²) in [4.78, 5) is 0. The molecule has 4 heteroatoms. The van der Waals surface area contributed by atoms with E-state index in [1.54, 1.807) is 7.05 Å². The van der Waals surface area contributed by atoms with Crippen molar-refractivity contribution in [3.8, 4) is 0 Å². The molecule has 0 saturated heterocycles. The lowest BCUT2D eigenvalue weighted by molar-refractivity contribution is 0.571. The quantitative estimate of drug-likeness (QED) is 0.902. The fourth-order valence-electron chi connectivity index (χ4n) is 1.95. The van der Waals surface area contributed by atoms with Gasteiger partial charge in [-0.1, -0.05) is 34.1 Å². The van der Waals surface area contributed by atoms with Gasteiger partial charge in [0.2, 0.25) is 0 Å². The van der Waals surface area contributed by atoms with Crippen molar-refractivity contribution in [2.75, 3.05) is 7.05 Å². The maximum absolute atomic E-state index is 13.3. The molecule has 0 bridgehead atoms. The van der Waals surface area contributed by atoms with E-state index in [0.29, 0.717) is 5.56 Å². The minimum Gasteiger partial charge on any atom is -0.309 e. The van der Waals surface area contributed by atoms with Crippen LogP contribution < -0.4 is 5.32 Å². The van der Waals surface area contributed by atoms with E-state index >= 15 is 0 Å². The summed E-state index contributed by atoms with van der Waals surface area (Å²) in [6, 6.07) is 10.9. The molecule has 1 nitrogen and oxygen atoms in total. The zero-order valence-electron chi connectivity index (χ0n) is 9.75. The molecule has 0 aliphatic heterocycles. The number of hydrogen-bond acceptors (Lipinski definition) is 1. The predicted molar refractivity (Wildman–Crippen MR) is 71.4 cm³/mol. The third-order valence-electron chi connectivity index (χ3n) is 2.72. The Bertz CT molecular complexity index is 537. The van der Waals surface area contributed by atoms with Gasteiger partial charge in [0.1, 0.15) is 11.6 Å². The van der Waals surface area contributed by atoms with Crippen molar-refractivity contribution in [3.63, 3.8) is 0 Å². The smallest absolute Gasteiger partial charge is 0.126 e. The lowest BCUT2D eigenvalue weighted by Crippen LogP contribution is -2.18. The van der Waals surface area contributed by atoms with Crippen molar-refractivity contribution in [2.24, 2.45) is 0 Å². The van der Waals surface area contributed by atoms with Crippen LogP contribution in [0.25, 0.3) is 0 Å². The predicted octanol–water partition coefficient (Wildman–Crippen LogP) is 4.04. The maximum Gasteiger partial charge on any atom is 0.126 e. The van der Waals surface area contributed by atoms with Gasteiger partial charge >= 0.3 is 0 Å². The highest BCUT2D eigenvalue weighted by Gasteiger charge is 2.16. The molecule has 0 saturated carbocycles. The second kappa shape index (κ2) is 5.59. The first-order chi connectivity index (χ1) is 8.61. The average Bonchev–Trinajstić information content (AvgIpc) is 2.31. The van der Waals surface area contributed by atoms with Gasteiger partial charge in [0.25, 0.3) is 0 Å². The molecule has 0 aliphatic carbocycles. The molecule has 2 rings (SSSR count). The molecule has 1 atom stereocenters. The average molecular weight is 312 g/mol. The highest BCUT2D eigenvalue weighted by Crippen LogP contribution is 2.28. The van der Waals surface area contributed by atoms with Crippen LogP contribution in [0.5, 0.6) is 0 Å². The Kier molecular flexibility index (Phi) is 4.09. The summed E-state index contributed by atoms with van der Waals surface area (Å²) in [5, 5.41) is 3.07. The normalized spacial score (nSPS) is 12.4. The van der Waals surface area contributed by atoms with Gasteiger partial charge in [-0.05, 0) is 36.4 Å². The Morgan fingerprint density at radius 3 is 2.22 bits per heavy atom. The summed E-state index contributed by atoms with van der Waals surface area (Å²) in [6.45, 7) is 0. The molecule has 1 unspecified atom stereocenters. The molecule has 0 fully saturated rings. The van der Waals surface area contributed by atoms with E-state index in [1.807, 2.05) is 24.3 Å². The van der Waals surface area contributed by atoms with Gasteiger partial charge in [0.05, 0.1) is 6.04 Å². The first kappa shape index (κ1) is 13.2. The number of hydrogen-bond donors (Lipinski definition) is 1. The van der Waals surface area contributed by atoms with Gasteiger partial charge in [-0.15, -0.1) is 0 Å². The largest absolute Gasteiger partial charge is 0.309 e. The molecule has 0 heterocycles. The minimum atomic E-state index is -0.572. The van der Waals surface area contributed by atoms with Crippen molar-refractivity contribution in [1.29, 1.82) is 0 Å². The number of halogens is 3. The fourth-order valence-corrected chi connectivity index (χ4v) is 2.47. The lowest BCUT2D eigenvalue weighted by atomic mass is 9.99. The van der Waals surface area contributed by atoms with Gasteiger partial charge in [-0.25, -0.2) is 8.78 Å². The van der Waals surface area contributed by atoms with Crippen molar-refractivity contribution in [2.45, 2.75) is 6.04 Å². The fraction of sp³-hybridized carbons (Fsp3) is 0.143. The van der Waals surface area contributed by atoms with Gasteiger partial charge < -0.3 is 5.32 Å². The summed E-state index contributed by atoms with van der Waals surface area (Å²) in [7, 11) is 1.76. The number of rotatable bonds is 3. The second-order valence-corrected chi connectivity index (χ2v) is 4.80. The summed E-state index contributed by atoms with van der Waals surface area (Å²) in [5.74, 6) is -1.14. The summed E-state index contributed by atoms with van der Waals surface area (Å²) in [6.07, 6.45) is 0. The monoisotopic (exact) mass is 311 g/mol. The lowest BCUT2D eigenvalue weighted by Gasteiger charge is -2.18. The van der Waals surface area contributed by atoms with Crippen molar-refractivity contribution in [1.82, 2.24) is 5.32 Å². The van der Waals surface area contributed by atoms with Crippen LogP contribution in [0.15, 0.2) is 46.9 Å². The molecule has 2 aromatic rings. The van der Waals surface area contributed by atoms with E-state index in [4.69, 9.17) is 0 Å². The Hall–Kier alpha value is -1.26. The van der Waals surface area contributed by atoms with Crippen LogP contribution in [-0.2, 0) is 0 Å². The molecule has 18 heavy (non-hydrogen) atoms. The molecule has 0 aromatic heterocycles. The minimum absolute atomic E-state index is 0.259. The Balaban J connectivity index is 2.48. The van der Waals surface area contributed by atoms with Crippen LogP contribution in [0.3, 0.4) is 0 Å². The van der Waals surface area contributed by atoms with E-state index in [9.17, 15) is 8.78 Å².